The highest BCUT2D eigenvalue weighted by Gasteiger charge is 2.37. The Kier molecular flexibility index (Phi) is 8.17. The number of aromatic nitrogens is 1. The van der Waals surface area contributed by atoms with E-state index in [9.17, 15) is 32.3 Å². The van der Waals surface area contributed by atoms with Crippen molar-refractivity contribution in [2.45, 2.75) is 12.1 Å². The van der Waals surface area contributed by atoms with Crippen molar-refractivity contribution < 1.29 is 59.3 Å². The monoisotopic (exact) mass is 555 g/mol. The predicted molar refractivity (Wildman–Crippen MR) is 123 cm³/mol. The van der Waals surface area contributed by atoms with Gasteiger partial charge >= 0.3 is 17.4 Å². The number of fused-ring (bicyclic) bond motifs is 2. The lowest BCUT2D eigenvalue weighted by molar-refractivity contribution is -0.633. The highest BCUT2D eigenvalue weighted by molar-refractivity contribution is 7.86. The van der Waals surface area contributed by atoms with Crippen molar-refractivity contribution >= 4 is 43.9 Å². The van der Waals surface area contributed by atoms with Crippen LogP contribution in [0.2, 0.25) is 0 Å². The molecule has 0 saturated carbocycles. The molecule has 0 atom stereocenters. The lowest BCUT2D eigenvalue weighted by Gasteiger charge is -2.13. The number of carboxylic acids is 1. The molecule has 0 saturated heterocycles. The van der Waals surface area contributed by atoms with Crippen LogP contribution in [-0.4, -0.2) is 42.6 Å². The van der Waals surface area contributed by atoms with Gasteiger partial charge in [0.2, 0.25) is 23.3 Å². The van der Waals surface area contributed by atoms with Crippen molar-refractivity contribution in [2.24, 2.45) is 0 Å². The van der Waals surface area contributed by atoms with E-state index in [1.807, 2.05) is 0 Å². The summed E-state index contributed by atoms with van der Waals surface area (Å²) >= 11 is 0. The molecule has 4 aromatic rings. The molecule has 38 heavy (non-hydrogen) atoms. The van der Waals surface area contributed by atoms with Crippen LogP contribution in [-0.2, 0) is 21.5 Å². The number of hydrogen-bond acceptors (Lipinski definition) is 7. The summed E-state index contributed by atoms with van der Waals surface area (Å²) in [6.07, 6.45) is 0. The number of carboxylic acid groups (broad SMARTS) is 1. The summed E-state index contributed by atoms with van der Waals surface area (Å²) in [6, 6.07) is 18.0. The van der Waals surface area contributed by atoms with Crippen LogP contribution in [0.4, 0.5) is 17.6 Å². The first-order valence-electron chi connectivity index (χ1n) is 10.4. The molecule has 0 aliphatic heterocycles. The zero-order valence-electron chi connectivity index (χ0n) is 19.2. The van der Waals surface area contributed by atoms with Crippen LogP contribution in [0.25, 0.3) is 21.8 Å². The Bertz CT molecular complexity index is 1580. The van der Waals surface area contributed by atoms with E-state index >= 15 is 0 Å². The maximum absolute atomic E-state index is 14.3. The van der Waals surface area contributed by atoms with E-state index < -0.39 is 33.4 Å². The molecule has 14 heteroatoms. The van der Waals surface area contributed by atoms with E-state index in [2.05, 4.69) is 0 Å². The second kappa shape index (κ2) is 11.0. The summed E-state index contributed by atoms with van der Waals surface area (Å²) < 4.78 is 85.4. The second-order valence-electron chi connectivity index (χ2n) is 7.45. The normalized spacial score (nSPS) is 11.5. The maximum Gasteiger partial charge on any atom is 0.485 e. The van der Waals surface area contributed by atoms with E-state index in [4.69, 9.17) is 22.4 Å². The molecule has 0 amide bonds. The number of nitrogens with zero attached hydrogens (tertiary/aromatic N) is 1. The number of benzene rings is 3. The van der Waals surface area contributed by atoms with Gasteiger partial charge in [0.15, 0.2) is 21.7 Å². The third kappa shape index (κ3) is 5.98. The van der Waals surface area contributed by atoms with Gasteiger partial charge in [-0.05, 0) is 24.3 Å². The van der Waals surface area contributed by atoms with Crippen LogP contribution in [0.3, 0.4) is 0 Å². The van der Waals surface area contributed by atoms with Crippen molar-refractivity contribution in [2.75, 3.05) is 7.11 Å². The molecule has 0 bridgehead atoms. The summed E-state index contributed by atoms with van der Waals surface area (Å²) in [6.45, 7) is -0.280. The Balaban J connectivity index is 0.000000436. The number of rotatable bonds is 5. The number of alkyl halides is 3. The fourth-order valence-electron chi connectivity index (χ4n) is 3.53. The smallest absolute Gasteiger partial charge is 0.485 e. The molecular formula is C24H17F4NO8S. The molecule has 0 spiro atoms. The van der Waals surface area contributed by atoms with E-state index in [1.165, 1.54) is 25.3 Å². The molecule has 0 unspecified atom stereocenters. The van der Waals surface area contributed by atoms with Gasteiger partial charge in [0.1, 0.15) is 0 Å². The SMILES string of the molecule is COc1cccc(F)c1OC(=O)c1c2ccccc2[n+](CC(=O)O)c2ccccc12.O=S(=O)([O-])C(F)(F)F. The largest absolute Gasteiger partial charge is 0.741 e. The highest BCUT2D eigenvalue weighted by atomic mass is 32.2. The van der Waals surface area contributed by atoms with Gasteiger partial charge in [-0.15, -0.1) is 0 Å². The first-order chi connectivity index (χ1) is 17.8. The van der Waals surface area contributed by atoms with Crippen LogP contribution in [0.1, 0.15) is 10.4 Å². The average Bonchev–Trinajstić information content (AvgIpc) is 2.84. The fourth-order valence-corrected chi connectivity index (χ4v) is 3.53. The zero-order chi connectivity index (χ0) is 28.3. The van der Waals surface area contributed by atoms with Crippen molar-refractivity contribution in [1.29, 1.82) is 0 Å². The first kappa shape index (κ1) is 28.3. The molecule has 0 radical (unpaired) electrons. The average molecular weight is 555 g/mol. The third-order valence-corrected chi connectivity index (χ3v) is 5.62. The Labute approximate surface area is 212 Å². The van der Waals surface area contributed by atoms with E-state index in [-0.39, 0.29) is 23.6 Å². The lowest BCUT2D eigenvalue weighted by atomic mass is 10.0. The Morgan fingerprint density at radius 1 is 0.947 bits per heavy atom. The fraction of sp³-hybridized carbons (Fsp3) is 0.125. The van der Waals surface area contributed by atoms with Crippen LogP contribution in [0.5, 0.6) is 11.5 Å². The van der Waals surface area contributed by atoms with E-state index in [0.29, 0.717) is 21.8 Å². The molecule has 3 aromatic carbocycles. The highest BCUT2D eigenvalue weighted by Crippen LogP contribution is 2.32. The molecule has 1 N–H and O–H groups in total. The van der Waals surface area contributed by atoms with Crippen molar-refractivity contribution in [3.05, 3.63) is 78.1 Å². The molecule has 0 fully saturated rings. The van der Waals surface area contributed by atoms with E-state index in [0.717, 1.165) is 0 Å². The Morgan fingerprint density at radius 3 is 1.89 bits per heavy atom. The van der Waals surface area contributed by atoms with Gasteiger partial charge < -0.3 is 19.1 Å². The van der Waals surface area contributed by atoms with Gasteiger partial charge in [0, 0.05) is 12.1 Å². The molecule has 1 aromatic heterocycles. The Morgan fingerprint density at radius 2 is 1.45 bits per heavy atom. The standard InChI is InChI=1S/C23H16FNO5.CHF3O3S/c1-29-19-12-6-9-16(24)22(19)30-23(28)21-14-7-2-4-10-17(14)25(13-20(26)27)18-11-5-3-8-15(18)21;2-1(3,4)8(5,6)7/h2-12H,13H2,1H3;(H,5,6,7). The molecule has 4 rings (SSSR count). The van der Waals surface area contributed by atoms with Crippen molar-refractivity contribution in [3.8, 4) is 11.5 Å². The van der Waals surface area contributed by atoms with Gasteiger partial charge in [0.05, 0.1) is 23.4 Å². The minimum absolute atomic E-state index is 0.0915. The summed E-state index contributed by atoms with van der Waals surface area (Å²) in [5.41, 5.74) is -4.34. The van der Waals surface area contributed by atoms with Crippen LogP contribution >= 0.6 is 0 Å². The predicted octanol–water partition coefficient (Wildman–Crippen LogP) is 3.78. The number of aliphatic carboxylic acids is 1. The van der Waals surface area contributed by atoms with Crippen molar-refractivity contribution in [3.63, 3.8) is 0 Å². The number of esters is 1. The van der Waals surface area contributed by atoms with Gasteiger partial charge in [0.25, 0.3) is 0 Å². The number of methoxy groups -OCH3 is 1. The number of carbonyl (C=O) groups excluding carboxylic acids is 1. The maximum atomic E-state index is 14.3. The van der Waals surface area contributed by atoms with Crippen LogP contribution in [0, 0.1) is 5.82 Å². The Hall–Kier alpha value is -4.30. The van der Waals surface area contributed by atoms with Crippen molar-refractivity contribution in [1.82, 2.24) is 0 Å². The molecule has 0 aliphatic rings. The topological polar surface area (TPSA) is 134 Å². The number of hydrogen-bond donors (Lipinski definition) is 1. The summed E-state index contributed by atoms with van der Waals surface area (Å²) in [4.78, 5) is 24.7. The summed E-state index contributed by atoms with van der Waals surface area (Å²) in [7, 11) is -4.73. The molecule has 1 heterocycles. The first-order valence-corrected chi connectivity index (χ1v) is 11.8. The number of pyridine rings is 1. The minimum atomic E-state index is -6.09. The summed E-state index contributed by atoms with van der Waals surface area (Å²) in [5, 5.41) is 10.4. The van der Waals surface area contributed by atoms with E-state index in [1.54, 1.807) is 53.1 Å². The van der Waals surface area contributed by atoms with Gasteiger partial charge in [-0.25, -0.2) is 22.4 Å². The molecule has 200 valence electrons. The van der Waals surface area contributed by atoms with Gasteiger partial charge in [-0.2, -0.15) is 17.7 Å². The molecule has 9 nitrogen and oxygen atoms in total. The van der Waals surface area contributed by atoms with Gasteiger partial charge in [-0.1, -0.05) is 30.3 Å². The number of carbonyl (C=O) groups is 2. The molecular weight excluding hydrogens is 538 g/mol. The third-order valence-electron chi connectivity index (χ3n) is 5.05. The number of halogens is 4. The number of para-hydroxylation sites is 3. The number of ether oxygens (including phenoxy) is 2. The minimum Gasteiger partial charge on any atom is -0.741 e. The molecule has 0 aliphatic carbocycles. The second-order valence-corrected chi connectivity index (χ2v) is 8.82. The lowest BCUT2D eigenvalue weighted by Crippen LogP contribution is -2.40. The summed E-state index contributed by atoms with van der Waals surface area (Å²) in [5.74, 6) is -2.72. The zero-order valence-corrected chi connectivity index (χ0v) is 20.0. The van der Waals surface area contributed by atoms with Crippen LogP contribution < -0.4 is 14.0 Å². The quantitative estimate of drug-likeness (QED) is 0.0748. The van der Waals surface area contributed by atoms with Crippen LogP contribution in [0.15, 0.2) is 66.7 Å². The van der Waals surface area contributed by atoms with Gasteiger partial charge in [-0.3, -0.25) is 0 Å².